The van der Waals surface area contributed by atoms with Crippen molar-refractivity contribution in [2.75, 3.05) is 39.3 Å². The van der Waals surface area contributed by atoms with Crippen LogP contribution in [0.1, 0.15) is 44.9 Å². The molecule has 0 aromatic carbocycles. The van der Waals surface area contributed by atoms with E-state index in [-0.39, 0.29) is 5.60 Å². The molecule has 1 aliphatic carbocycles. The van der Waals surface area contributed by atoms with Crippen LogP contribution in [0.15, 0.2) is 0 Å². The summed E-state index contributed by atoms with van der Waals surface area (Å²) in [6.07, 6.45) is 9.69. The summed E-state index contributed by atoms with van der Waals surface area (Å²) in [5, 5.41) is 8.73. The molecule has 112 valence electrons. The van der Waals surface area contributed by atoms with Gasteiger partial charge in [-0.1, -0.05) is 19.3 Å². The maximum Gasteiger partial charge on any atom is 0.0866 e. The van der Waals surface area contributed by atoms with Crippen molar-refractivity contribution < 1.29 is 4.74 Å². The van der Waals surface area contributed by atoms with Crippen molar-refractivity contribution >= 4 is 0 Å². The average molecular weight is 277 g/mol. The van der Waals surface area contributed by atoms with E-state index in [0.717, 1.165) is 32.7 Å². The molecule has 0 aromatic heterocycles. The van der Waals surface area contributed by atoms with Crippen LogP contribution >= 0.6 is 0 Å². The quantitative estimate of drug-likeness (QED) is 0.740. The minimum absolute atomic E-state index is 0.256. The number of rotatable bonds is 3. The van der Waals surface area contributed by atoms with Gasteiger partial charge in [-0.25, -0.2) is 0 Å². The van der Waals surface area contributed by atoms with Gasteiger partial charge in [0.25, 0.3) is 0 Å². The maximum absolute atomic E-state index is 8.73. The van der Waals surface area contributed by atoms with Crippen LogP contribution in [-0.4, -0.2) is 60.8 Å². The molecule has 2 aliphatic heterocycles. The minimum Gasteiger partial charge on any atom is -0.370 e. The third-order valence-corrected chi connectivity index (χ3v) is 5.32. The summed E-state index contributed by atoms with van der Waals surface area (Å²) in [5.41, 5.74) is 0.256. The van der Waals surface area contributed by atoms with Crippen molar-refractivity contribution in [2.45, 2.75) is 56.7 Å². The van der Waals surface area contributed by atoms with Crippen molar-refractivity contribution in [3.05, 3.63) is 0 Å². The van der Waals surface area contributed by atoms with Gasteiger partial charge in [0.2, 0.25) is 0 Å². The Kier molecular flexibility index (Phi) is 4.60. The third kappa shape index (κ3) is 3.33. The third-order valence-electron chi connectivity index (χ3n) is 5.32. The van der Waals surface area contributed by atoms with Crippen LogP contribution in [0.25, 0.3) is 0 Å². The second kappa shape index (κ2) is 6.43. The molecule has 0 amide bonds. The van der Waals surface area contributed by atoms with Crippen LogP contribution in [0.3, 0.4) is 0 Å². The van der Waals surface area contributed by atoms with E-state index in [1.165, 1.54) is 44.9 Å². The van der Waals surface area contributed by atoms with Crippen molar-refractivity contribution in [3.63, 3.8) is 0 Å². The molecular formula is C16H27N3O. The molecule has 0 bridgehead atoms. The molecule has 20 heavy (non-hydrogen) atoms. The van der Waals surface area contributed by atoms with Crippen LogP contribution in [0, 0.1) is 11.3 Å². The summed E-state index contributed by atoms with van der Waals surface area (Å²) < 4.78 is 6.46. The molecule has 1 saturated carbocycles. The Bertz CT molecular complexity index is 351. The second-order valence-electron chi connectivity index (χ2n) is 6.76. The number of nitrogens with zero attached hydrogens (tertiary/aromatic N) is 3. The van der Waals surface area contributed by atoms with Crippen molar-refractivity contribution in [2.24, 2.45) is 0 Å². The summed E-state index contributed by atoms with van der Waals surface area (Å²) in [4.78, 5) is 4.77. The molecule has 1 unspecified atom stereocenters. The Balaban J connectivity index is 1.42. The molecule has 2 heterocycles. The minimum atomic E-state index is 0.256. The largest absolute Gasteiger partial charge is 0.370 e. The topological polar surface area (TPSA) is 39.5 Å². The van der Waals surface area contributed by atoms with Gasteiger partial charge in [-0.2, -0.15) is 5.26 Å². The van der Waals surface area contributed by atoms with E-state index in [1.807, 2.05) is 0 Å². The fourth-order valence-corrected chi connectivity index (χ4v) is 4.11. The smallest absolute Gasteiger partial charge is 0.0866 e. The van der Waals surface area contributed by atoms with Gasteiger partial charge in [0.1, 0.15) is 0 Å². The Hall–Kier alpha value is -0.630. The first-order valence-corrected chi connectivity index (χ1v) is 8.29. The van der Waals surface area contributed by atoms with Gasteiger partial charge in [-0.05, 0) is 25.7 Å². The average Bonchev–Trinajstić information content (AvgIpc) is 2.85. The fourth-order valence-electron chi connectivity index (χ4n) is 4.11. The molecule has 2 saturated heterocycles. The summed E-state index contributed by atoms with van der Waals surface area (Å²) in [7, 11) is 0. The van der Waals surface area contributed by atoms with Gasteiger partial charge in [0.05, 0.1) is 24.3 Å². The van der Waals surface area contributed by atoms with Crippen molar-refractivity contribution in [1.82, 2.24) is 9.80 Å². The molecule has 0 N–H and O–H groups in total. The Morgan fingerprint density at radius 2 is 1.70 bits per heavy atom. The maximum atomic E-state index is 8.73. The van der Waals surface area contributed by atoms with Crippen LogP contribution in [-0.2, 0) is 4.74 Å². The number of nitriles is 1. The molecule has 4 nitrogen and oxygen atoms in total. The number of ether oxygens (including phenoxy) is 1. The van der Waals surface area contributed by atoms with Gasteiger partial charge in [-0.15, -0.1) is 0 Å². The Morgan fingerprint density at radius 3 is 2.40 bits per heavy atom. The molecule has 1 spiro atoms. The first-order chi connectivity index (χ1) is 9.80. The Morgan fingerprint density at radius 1 is 1.00 bits per heavy atom. The van der Waals surface area contributed by atoms with Gasteiger partial charge < -0.3 is 4.74 Å². The summed E-state index contributed by atoms with van der Waals surface area (Å²) >= 11 is 0. The predicted molar refractivity (Wildman–Crippen MR) is 78.4 cm³/mol. The zero-order valence-electron chi connectivity index (χ0n) is 12.5. The molecular weight excluding hydrogens is 250 g/mol. The lowest BCUT2D eigenvalue weighted by atomic mass is 9.83. The normalized spacial score (nSPS) is 31.4. The van der Waals surface area contributed by atoms with E-state index in [1.54, 1.807) is 0 Å². The van der Waals surface area contributed by atoms with Gasteiger partial charge in [0, 0.05) is 32.7 Å². The van der Waals surface area contributed by atoms with E-state index < -0.39 is 0 Å². The molecule has 4 heteroatoms. The number of hydrogen-bond acceptors (Lipinski definition) is 4. The van der Waals surface area contributed by atoms with Gasteiger partial charge >= 0.3 is 0 Å². The van der Waals surface area contributed by atoms with E-state index in [0.29, 0.717) is 12.6 Å². The highest BCUT2D eigenvalue weighted by atomic mass is 16.5. The predicted octanol–water partition coefficient (Wildman–Crippen LogP) is 2.01. The lowest BCUT2D eigenvalue weighted by Gasteiger charge is -2.36. The molecule has 3 rings (SSSR count). The molecule has 0 aromatic rings. The van der Waals surface area contributed by atoms with E-state index in [2.05, 4.69) is 15.9 Å². The SMILES string of the molecule is N#CCN1CCN(CC2CCC3(CCCCC3)O2)CC1. The van der Waals surface area contributed by atoms with E-state index in [9.17, 15) is 0 Å². The van der Waals surface area contributed by atoms with Crippen LogP contribution in [0.2, 0.25) is 0 Å². The summed E-state index contributed by atoms with van der Waals surface area (Å²) in [6, 6.07) is 2.25. The lowest BCUT2D eigenvalue weighted by molar-refractivity contribution is -0.0740. The highest BCUT2D eigenvalue weighted by molar-refractivity contribution is 4.92. The first kappa shape index (κ1) is 14.3. The second-order valence-corrected chi connectivity index (χ2v) is 6.76. The monoisotopic (exact) mass is 277 g/mol. The highest BCUT2D eigenvalue weighted by Gasteiger charge is 2.41. The zero-order valence-corrected chi connectivity index (χ0v) is 12.5. The zero-order chi connectivity index (χ0) is 13.8. The summed E-state index contributed by atoms with van der Waals surface area (Å²) in [5.74, 6) is 0. The van der Waals surface area contributed by atoms with Crippen LogP contribution < -0.4 is 0 Å². The van der Waals surface area contributed by atoms with Crippen LogP contribution in [0.5, 0.6) is 0 Å². The molecule has 3 aliphatic rings. The van der Waals surface area contributed by atoms with E-state index in [4.69, 9.17) is 10.00 Å². The van der Waals surface area contributed by atoms with Crippen LogP contribution in [0.4, 0.5) is 0 Å². The van der Waals surface area contributed by atoms with E-state index >= 15 is 0 Å². The standard InChI is InChI=1S/C16H27N3O/c17-8-9-18-10-12-19(13-11-18)14-15-4-7-16(20-15)5-2-1-3-6-16/h15H,1-7,9-14H2. The Labute approximate surface area is 122 Å². The summed E-state index contributed by atoms with van der Waals surface area (Å²) in [6.45, 7) is 5.93. The fraction of sp³-hybridized carbons (Fsp3) is 0.938. The number of hydrogen-bond donors (Lipinski definition) is 0. The highest BCUT2D eigenvalue weighted by Crippen LogP contribution is 2.42. The molecule has 0 radical (unpaired) electrons. The van der Waals surface area contributed by atoms with Crippen molar-refractivity contribution in [3.8, 4) is 6.07 Å². The van der Waals surface area contributed by atoms with Gasteiger partial charge in [-0.3, -0.25) is 9.80 Å². The molecule has 3 fully saturated rings. The van der Waals surface area contributed by atoms with Crippen molar-refractivity contribution in [1.29, 1.82) is 5.26 Å². The lowest BCUT2D eigenvalue weighted by Crippen LogP contribution is -2.48. The van der Waals surface area contributed by atoms with Gasteiger partial charge in [0.15, 0.2) is 0 Å². The first-order valence-electron chi connectivity index (χ1n) is 8.29. The number of piperazine rings is 1. The molecule has 1 atom stereocenters.